The Bertz CT molecular complexity index is 1100. The number of nitrogens with one attached hydrogen (secondary N) is 1. The predicted octanol–water partition coefficient (Wildman–Crippen LogP) is 4.92. The summed E-state index contributed by atoms with van der Waals surface area (Å²) >= 11 is 7.75. The monoisotopic (exact) mass is 524 g/mol. The van der Waals surface area contributed by atoms with Crippen molar-refractivity contribution in [1.82, 2.24) is 10.2 Å². The lowest BCUT2D eigenvalue weighted by Crippen LogP contribution is -2.47. The van der Waals surface area contributed by atoms with Crippen molar-refractivity contribution >= 4 is 40.6 Å². The predicted molar refractivity (Wildman–Crippen MR) is 148 cm³/mol. The van der Waals surface area contributed by atoms with E-state index in [1.54, 1.807) is 11.8 Å². The molecule has 0 aliphatic carbocycles. The summed E-state index contributed by atoms with van der Waals surface area (Å²) in [6.45, 7) is 3.42. The zero-order chi connectivity index (χ0) is 25.3. The maximum atomic E-state index is 12.9. The van der Waals surface area contributed by atoms with Crippen LogP contribution < -0.4 is 16.0 Å². The van der Waals surface area contributed by atoms with E-state index in [0.29, 0.717) is 44.3 Å². The van der Waals surface area contributed by atoms with Crippen LogP contribution >= 0.6 is 23.4 Å². The summed E-state index contributed by atoms with van der Waals surface area (Å²) in [7, 11) is 1.94. The van der Waals surface area contributed by atoms with Gasteiger partial charge in [-0.3, -0.25) is 9.69 Å². The first-order chi connectivity index (χ1) is 17.6. The second-order valence-electron chi connectivity index (χ2n) is 8.72. The van der Waals surface area contributed by atoms with E-state index in [2.05, 4.69) is 58.7 Å². The van der Waals surface area contributed by atoms with Crippen LogP contribution in [0.1, 0.15) is 12.0 Å². The standard InChI is InChI=1S/C28H33ClN4O2S/c1-32(25(14-15-30)28(34)31-20-21-10-12-22(29)13-11-21)16-18-35-19-17-33-23-6-2-4-8-26(23)36-27-9-5-3-7-24(27)33/h2-13,25H,14-20,30H2,1H3,(H,31,34). The lowest BCUT2D eigenvalue weighted by atomic mass is 10.1. The maximum absolute atomic E-state index is 12.9. The Morgan fingerprint density at radius 1 is 1.03 bits per heavy atom. The molecule has 6 nitrogen and oxygen atoms in total. The van der Waals surface area contributed by atoms with Crippen LogP contribution in [0.2, 0.25) is 5.02 Å². The Morgan fingerprint density at radius 3 is 2.31 bits per heavy atom. The largest absolute Gasteiger partial charge is 0.378 e. The molecule has 3 aromatic carbocycles. The molecule has 190 valence electrons. The first kappa shape index (κ1) is 26.5. The number of benzene rings is 3. The van der Waals surface area contributed by atoms with Gasteiger partial charge in [-0.2, -0.15) is 0 Å². The fourth-order valence-corrected chi connectivity index (χ4v) is 5.48. The molecule has 0 fully saturated rings. The van der Waals surface area contributed by atoms with E-state index < -0.39 is 0 Å². The van der Waals surface area contributed by atoms with Crippen LogP contribution in [0.4, 0.5) is 11.4 Å². The Labute approximate surface area is 222 Å². The third-order valence-electron chi connectivity index (χ3n) is 6.23. The summed E-state index contributed by atoms with van der Waals surface area (Å²) < 4.78 is 6.02. The first-order valence-corrected chi connectivity index (χ1v) is 13.4. The van der Waals surface area contributed by atoms with Gasteiger partial charge in [0, 0.05) is 34.4 Å². The number of carbonyl (C=O) groups is 1. The number of para-hydroxylation sites is 2. The highest BCUT2D eigenvalue weighted by Crippen LogP contribution is 2.47. The van der Waals surface area contributed by atoms with Crippen LogP contribution in [0.5, 0.6) is 0 Å². The minimum absolute atomic E-state index is 0.0306. The van der Waals surface area contributed by atoms with E-state index in [-0.39, 0.29) is 11.9 Å². The summed E-state index contributed by atoms with van der Waals surface area (Å²) in [4.78, 5) is 19.7. The van der Waals surface area contributed by atoms with Crippen molar-refractivity contribution in [3.8, 4) is 0 Å². The molecule has 3 aromatic rings. The highest BCUT2D eigenvalue weighted by atomic mass is 35.5. The molecule has 0 aromatic heterocycles. The Hall–Kier alpha value is -2.55. The number of nitrogens with zero attached hydrogens (tertiary/aromatic N) is 2. The highest BCUT2D eigenvalue weighted by molar-refractivity contribution is 7.99. The molecule has 36 heavy (non-hydrogen) atoms. The maximum Gasteiger partial charge on any atom is 0.237 e. The first-order valence-electron chi connectivity index (χ1n) is 12.2. The van der Waals surface area contributed by atoms with E-state index in [9.17, 15) is 4.79 Å². The molecule has 0 radical (unpaired) electrons. The summed E-state index contributed by atoms with van der Waals surface area (Å²) in [6, 6.07) is 24.1. The average molecular weight is 525 g/mol. The van der Waals surface area contributed by atoms with E-state index >= 15 is 0 Å². The summed E-state index contributed by atoms with van der Waals surface area (Å²) in [5, 5.41) is 3.70. The van der Waals surface area contributed by atoms with Gasteiger partial charge in [0.1, 0.15) is 0 Å². The van der Waals surface area contributed by atoms with Crippen molar-refractivity contribution in [2.45, 2.75) is 28.8 Å². The van der Waals surface area contributed by atoms with Crippen LogP contribution in [-0.2, 0) is 16.1 Å². The minimum atomic E-state index is -0.302. The van der Waals surface area contributed by atoms with Gasteiger partial charge >= 0.3 is 0 Å². The summed E-state index contributed by atoms with van der Waals surface area (Å²) in [5.41, 5.74) is 9.23. The molecule has 1 heterocycles. The van der Waals surface area contributed by atoms with Crippen LogP contribution in [0.15, 0.2) is 82.6 Å². The van der Waals surface area contributed by atoms with Crippen LogP contribution in [0, 0.1) is 0 Å². The Morgan fingerprint density at radius 2 is 1.67 bits per heavy atom. The lowest BCUT2D eigenvalue weighted by molar-refractivity contribution is -0.126. The smallest absolute Gasteiger partial charge is 0.237 e. The fourth-order valence-electron chi connectivity index (χ4n) is 4.26. The number of anilines is 2. The molecule has 4 rings (SSSR count). The van der Waals surface area contributed by atoms with Crippen molar-refractivity contribution in [3.63, 3.8) is 0 Å². The number of hydrogen-bond acceptors (Lipinski definition) is 6. The van der Waals surface area contributed by atoms with E-state index in [4.69, 9.17) is 22.1 Å². The molecule has 1 unspecified atom stereocenters. The van der Waals surface area contributed by atoms with Crippen LogP contribution in [-0.4, -0.2) is 56.7 Å². The second kappa shape index (κ2) is 13.1. The van der Waals surface area contributed by atoms with Crippen molar-refractivity contribution in [1.29, 1.82) is 0 Å². The van der Waals surface area contributed by atoms with Crippen molar-refractivity contribution in [3.05, 3.63) is 83.4 Å². The number of likely N-dealkylation sites (N-methyl/N-ethyl adjacent to an activating group) is 1. The van der Waals surface area contributed by atoms with Crippen molar-refractivity contribution < 1.29 is 9.53 Å². The number of fused-ring (bicyclic) bond motifs is 2. The van der Waals surface area contributed by atoms with Gasteiger partial charge in [0.15, 0.2) is 0 Å². The molecule has 0 bridgehead atoms. The number of rotatable bonds is 12. The van der Waals surface area contributed by atoms with Gasteiger partial charge in [0.2, 0.25) is 5.91 Å². The van der Waals surface area contributed by atoms with Gasteiger partial charge in [-0.05, 0) is 62.0 Å². The number of hydrogen-bond donors (Lipinski definition) is 2. The SMILES string of the molecule is CN(CCOCCN1c2ccccc2Sc2ccccc21)C(CCN)C(=O)NCc1ccc(Cl)cc1. The Balaban J connectivity index is 1.26. The van der Waals surface area contributed by atoms with Crippen molar-refractivity contribution in [2.75, 3.05) is 44.8 Å². The zero-order valence-electron chi connectivity index (χ0n) is 20.5. The summed E-state index contributed by atoms with van der Waals surface area (Å²) in [5.74, 6) is -0.0306. The number of ether oxygens (including phenoxy) is 1. The van der Waals surface area contributed by atoms with Crippen LogP contribution in [0.3, 0.4) is 0 Å². The quantitative estimate of drug-likeness (QED) is 0.327. The van der Waals surface area contributed by atoms with E-state index in [0.717, 1.165) is 12.1 Å². The molecule has 8 heteroatoms. The molecule has 0 saturated carbocycles. The minimum Gasteiger partial charge on any atom is -0.378 e. The third-order valence-corrected chi connectivity index (χ3v) is 7.62. The lowest BCUT2D eigenvalue weighted by Gasteiger charge is -2.32. The van der Waals surface area contributed by atoms with E-state index in [1.807, 2.05) is 36.2 Å². The molecule has 1 aliphatic rings. The topological polar surface area (TPSA) is 70.8 Å². The molecule has 0 saturated heterocycles. The van der Waals surface area contributed by atoms with Gasteiger partial charge < -0.3 is 20.7 Å². The molecular weight excluding hydrogens is 492 g/mol. The molecule has 1 amide bonds. The van der Waals surface area contributed by atoms with Gasteiger partial charge in [-0.25, -0.2) is 0 Å². The highest BCUT2D eigenvalue weighted by Gasteiger charge is 2.24. The molecule has 1 atom stereocenters. The second-order valence-corrected chi connectivity index (χ2v) is 10.2. The average Bonchev–Trinajstić information content (AvgIpc) is 2.90. The Kier molecular flexibility index (Phi) is 9.67. The van der Waals surface area contributed by atoms with Crippen molar-refractivity contribution in [2.24, 2.45) is 5.73 Å². The molecular formula is C28H33ClN4O2S. The van der Waals surface area contributed by atoms with Crippen LogP contribution in [0.25, 0.3) is 0 Å². The number of halogens is 1. The van der Waals surface area contributed by atoms with Gasteiger partial charge in [0.25, 0.3) is 0 Å². The van der Waals surface area contributed by atoms with E-state index in [1.165, 1.54) is 21.2 Å². The number of amides is 1. The fraction of sp³-hybridized carbons (Fsp3) is 0.321. The zero-order valence-corrected chi connectivity index (χ0v) is 22.1. The summed E-state index contributed by atoms with van der Waals surface area (Å²) in [6.07, 6.45) is 0.585. The molecule has 1 aliphatic heterocycles. The van der Waals surface area contributed by atoms with Gasteiger partial charge in [0.05, 0.1) is 30.6 Å². The molecule has 0 spiro atoms. The van der Waals surface area contributed by atoms with Gasteiger partial charge in [-0.15, -0.1) is 0 Å². The normalized spacial score (nSPS) is 13.3. The number of nitrogens with two attached hydrogens (primary N) is 1. The third kappa shape index (κ3) is 6.81. The number of carbonyl (C=O) groups excluding carboxylic acids is 1. The van der Waals surface area contributed by atoms with Gasteiger partial charge in [-0.1, -0.05) is 59.8 Å². The molecule has 3 N–H and O–H groups in total.